The average molecular weight is 356 g/mol. The molecule has 0 spiro atoms. The molecule has 3 rings (SSSR count). The molecule has 0 aliphatic rings. The van der Waals surface area contributed by atoms with E-state index in [-0.39, 0.29) is 11.7 Å². The smallest absolute Gasteiger partial charge is 0.387 e. The second-order valence-corrected chi connectivity index (χ2v) is 5.14. The first-order valence-electron chi connectivity index (χ1n) is 7.60. The van der Waals surface area contributed by atoms with E-state index in [1.54, 1.807) is 48.8 Å². The van der Waals surface area contributed by atoms with Crippen molar-refractivity contribution >= 4 is 23.2 Å². The third-order valence-electron chi connectivity index (χ3n) is 3.29. The number of carbonyl (C=O) groups excluding carboxylic acids is 1. The number of rotatable bonds is 6. The molecule has 0 radical (unpaired) electrons. The summed E-state index contributed by atoms with van der Waals surface area (Å²) in [6.45, 7) is -2.92. The molecular formula is C18H14F2N4O2. The zero-order valence-corrected chi connectivity index (χ0v) is 13.4. The van der Waals surface area contributed by atoms with Gasteiger partial charge in [0.15, 0.2) is 0 Å². The van der Waals surface area contributed by atoms with Gasteiger partial charge in [-0.15, -0.1) is 0 Å². The van der Waals surface area contributed by atoms with Crippen molar-refractivity contribution in [2.24, 2.45) is 0 Å². The molecule has 6 nitrogen and oxygen atoms in total. The second kappa shape index (κ2) is 8.02. The Morgan fingerprint density at radius 2 is 1.69 bits per heavy atom. The highest BCUT2D eigenvalue weighted by atomic mass is 19.3. The zero-order chi connectivity index (χ0) is 18.4. The van der Waals surface area contributed by atoms with Crippen molar-refractivity contribution in [2.75, 3.05) is 10.6 Å². The van der Waals surface area contributed by atoms with Crippen molar-refractivity contribution in [3.63, 3.8) is 0 Å². The Kier molecular flexibility index (Phi) is 5.33. The van der Waals surface area contributed by atoms with Crippen LogP contribution in [0.2, 0.25) is 0 Å². The molecule has 0 saturated heterocycles. The number of ether oxygens (including phenoxy) is 1. The first kappa shape index (κ1) is 17.3. The molecule has 0 aliphatic heterocycles. The van der Waals surface area contributed by atoms with Crippen molar-refractivity contribution in [3.05, 3.63) is 72.6 Å². The lowest BCUT2D eigenvalue weighted by Crippen LogP contribution is -2.12. The van der Waals surface area contributed by atoms with Gasteiger partial charge >= 0.3 is 6.61 Å². The van der Waals surface area contributed by atoms with Crippen LogP contribution in [0.5, 0.6) is 5.75 Å². The summed E-state index contributed by atoms with van der Waals surface area (Å²) in [4.78, 5) is 20.4. The van der Waals surface area contributed by atoms with Crippen molar-refractivity contribution in [3.8, 4) is 5.75 Å². The Morgan fingerprint density at radius 1 is 0.962 bits per heavy atom. The molecule has 132 valence electrons. The number of nitrogens with one attached hydrogen (secondary N) is 2. The lowest BCUT2D eigenvalue weighted by Gasteiger charge is -2.09. The number of amides is 1. The number of carbonyl (C=O) groups is 1. The van der Waals surface area contributed by atoms with Crippen molar-refractivity contribution in [1.29, 1.82) is 0 Å². The minimum atomic E-state index is -2.92. The topological polar surface area (TPSA) is 76.1 Å². The van der Waals surface area contributed by atoms with Crippen LogP contribution in [0.3, 0.4) is 0 Å². The largest absolute Gasteiger partial charge is 0.435 e. The van der Waals surface area contributed by atoms with Crippen LogP contribution < -0.4 is 15.4 Å². The van der Waals surface area contributed by atoms with Crippen LogP contribution in [0.15, 0.2) is 67.0 Å². The maximum atomic E-state index is 12.3. The van der Waals surface area contributed by atoms with Crippen LogP contribution >= 0.6 is 0 Å². The van der Waals surface area contributed by atoms with E-state index < -0.39 is 6.61 Å². The van der Waals surface area contributed by atoms with E-state index in [0.29, 0.717) is 17.2 Å². The Bertz CT molecular complexity index is 874. The molecule has 26 heavy (non-hydrogen) atoms. The number of aromatic nitrogens is 2. The summed E-state index contributed by atoms with van der Waals surface area (Å²) in [6.07, 6.45) is 3.23. The Labute approximate surface area is 147 Å². The molecule has 0 saturated carbocycles. The highest BCUT2D eigenvalue weighted by Crippen LogP contribution is 2.20. The van der Waals surface area contributed by atoms with Gasteiger partial charge in [0.2, 0.25) is 5.95 Å². The van der Waals surface area contributed by atoms with E-state index in [1.807, 2.05) is 0 Å². The van der Waals surface area contributed by atoms with Gasteiger partial charge in [0.05, 0.1) is 0 Å². The summed E-state index contributed by atoms with van der Waals surface area (Å²) >= 11 is 0. The summed E-state index contributed by atoms with van der Waals surface area (Å²) in [7, 11) is 0. The molecule has 0 bridgehead atoms. The number of halogens is 2. The van der Waals surface area contributed by atoms with E-state index >= 15 is 0 Å². The molecule has 1 amide bonds. The van der Waals surface area contributed by atoms with Crippen LogP contribution in [0, 0.1) is 0 Å². The molecule has 0 atom stereocenters. The maximum Gasteiger partial charge on any atom is 0.387 e. The number of nitrogens with zero attached hydrogens (tertiary/aromatic N) is 2. The van der Waals surface area contributed by atoms with E-state index in [1.165, 1.54) is 18.2 Å². The van der Waals surface area contributed by atoms with Crippen LogP contribution in [0.4, 0.5) is 26.1 Å². The van der Waals surface area contributed by atoms with Crippen LogP contribution in [-0.4, -0.2) is 22.5 Å². The Balaban J connectivity index is 1.65. The van der Waals surface area contributed by atoms with Crippen molar-refractivity contribution in [1.82, 2.24) is 9.97 Å². The summed E-state index contributed by atoms with van der Waals surface area (Å²) in [5.41, 5.74) is 1.48. The summed E-state index contributed by atoms with van der Waals surface area (Å²) in [5, 5.41) is 5.64. The number of hydrogen-bond donors (Lipinski definition) is 2. The van der Waals surface area contributed by atoms with Gasteiger partial charge in [0.25, 0.3) is 5.91 Å². The highest BCUT2D eigenvalue weighted by molar-refractivity contribution is 6.04. The molecule has 0 unspecified atom stereocenters. The monoisotopic (exact) mass is 356 g/mol. The summed E-state index contributed by atoms with van der Waals surface area (Å²) in [5.74, 6) is 0.0439. The molecule has 8 heteroatoms. The zero-order valence-electron chi connectivity index (χ0n) is 13.4. The minimum absolute atomic E-state index is 0.0276. The fraction of sp³-hybridized carbons (Fsp3) is 0.0556. The average Bonchev–Trinajstić information content (AvgIpc) is 2.63. The fourth-order valence-electron chi connectivity index (χ4n) is 2.15. The van der Waals surface area contributed by atoms with Crippen LogP contribution in [0.1, 0.15) is 10.4 Å². The molecule has 1 heterocycles. The normalized spacial score (nSPS) is 10.4. The summed E-state index contributed by atoms with van der Waals surface area (Å²) in [6, 6.07) is 14.2. The standard InChI is InChI=1S/C18H14F2N4O2/c19-17(20)26-15-4-1-3-14(11-15)23-16(25)12-5-7-13(8-6-12)24-18-21-9-2-10-22-18/h1-11,17H,(H,23,25)(H,21,22,24). The number of benzene rings is 2. The molecular weight excluding hydrogens is 342 g/mol. The molecule has 2 aromatic carbocycles. The van der Waals surface area contributed by atoms with Crippen LogP contribution in [0.25, 0.3) is 0 Å². The SMILES string of the molecule is O=C(Nc1cccc(OC(F)F)c1)c1ccc(Nc2ncccn2)cc1. The van der Waals surface area contributed by atoms with Gasteiger partial charge in [-0.25, -0.2) is 9.97 Å². The van der Waals surface area contributed by atoms with Gasteiger partial charge in [-0.1, -0.05) is 6.07 Å². The highest BCUT2D eigenvalue weighted by Gasteiger charge is 2.09. The minimum Gasteiger partial charge on any atom is -0.435 e. The Morgan fingerprint density at radius 3 is 2.38 bits per heavy atom. The predicted octanol–water partition coefficient (Wildman–Crippen LogP) is 4.07. The second-order valence-electron chi connectivity index (χ2n) is 5.14. The molecule has 1 aromatic heterocycles. The van der Waals surface area contributed by atoms with Gasteiger partial charge in [0, 0.05) is 35.4 Å². The lowest BCUT2D eigenvalue weighted by atomic mass is 10.2. The van der Waals surface area contributed by atoms with Gasteiger partial charge in [-0.3, -0.25) is 4.79 Å². The maximum absolute atomic E-state index is 12.3. The van der Waals surface area contributed by atoms with Crippen molar-refractivity contribution < 1.29 is 18.3 Å². The van der Waals surface area contributed by atoms with Crippen LogP contribution in [-0.2, 0) is 0 Å². The van der Waals surface area contributed by atoms with E-state index in [2.05, 4.69) is 25.3 Å². The molecule has 2 N–H and O–H groups in total. The van der Waals surface area contributed by atoms with Gasteiger partial charge in [0.1, 0.15) is 5.75 Å². The van der Waals surface area contributed by atoms with Gasteiger partial charge in [-0.05, 0) is 42.5 Å². The first-order chi connectivity index (χ1) is 12.6. The predicted molar refractivity (Wildman–Crippen MR) is 92.8 cm³/mol. The van der Waals surface area contributed by atoms with Gasteiger partial charge < -0.3 is 15.4 Å². The molecule has 0 aliphatic carbocycles. The third kappa shape index (κ3) is 4.73. The molecule has 0 fully saturated rings. The first-order valence-corrected chi connectivity index (χ1v) is 7.60. The van der Waals surface area contributed by atoms with Crippen molar-refractivity contribution in [2.45, 2.75) is 6.61 Å². The van der Waals surface area contributed by atoms with Gasteiger partial charge in [-0.2, -0.15) is 8.78 Å². The number of alkyl halides is 2. The van der Waals surface area contributed by atoms with E-state index in [4.69, 9.17) is 0 Å². The lowest BCUT2D eigenvalue weighted by molar-refractivity contribution is -0.0497. The Hall–Kier alpha value is -3.55. The number of anilines is 3. The molecule has 3 aromatic rings. The summed E-state index contributed by atoms with van der Waals surface area (Å²) < 4.78 is 28.8. The fourth-order valence-corrected chi connectivity index (χ4v) is 2.15. The van der Waals surface area contributed by atoms with E-state index in [9.17, 15) is 13.6 Å². The number of hydrogen-bond acceptors (Lipinski definition) is 5. The third-order valence-corrected chi connectivity index (χ3v) is 3.29. The van der Waals surface area contributed by atoms with E-state index in [0.717, 1.165) is 5.69 Å². The quantitative estimate of drug-likeness (QED) is 0.696.